The molecule has 1 aliphatic heterocycles. The third-order valence-electron chi connectivity index (χ3n) is 2.66. The number of fused-ring (bicyclic) bond motifs is 1. The Balaban J connectivity index is 2.29. The van der Waals surface area contributed by atoms with Crippen LogP contribution in [-0.2, 0) is 0 Å². The van der Waals surface area contributed by atoms with Crippen molar-refractivity contribution in [2.45, 2.75) is 0 Å². The average molecular weight is 223 g/mol. The first-order valence-electron chi connectivity index (χ1n) is 5.20. The minimum absolute atomic E-state index is 0.442. The van der Waals surface area contributed by atoms with Crippen LogP contribution in [0.25, 0.3) is 11.1 Å². The zero-order chi connectivity index (χ0) is 11.8. The van der Waals surface area contributed by atoms with Crippen LogP contribution in [0.4, 0.5) is 10.5 Å². The third-order valence-corrected chi connectivity index (χ3v) is 2.66. The van der Waals surface area contributed by atoms with Gasteiger partial charge < -0.3 is 5.73 Å². The van der Waals surface area contributed by atoms with Crippen molar-refractivity contribution in [1.82, 2.24) is 0 Å². The van der Waals surface area contributed by atoms with Crippen LogP contribution in [0.15, 0.2) is 52.4 Å². The van der Waals surface area contributed by atoms with E-state index in [1.54, 1.807) is 6.07 Å². The summed E-state index contributed by atoms with van der Waals surface area (Å²) >= 11 is 0. The number of rotatable bonds is 1. The Morgan fingerprint density at radius 2 is 1.71 bits per heavy atom. The molecule has 4 heteroatoms. The molecule has 0 radical (unpaired) electrons. The first-order chi connectivity index (χ1) is 8.24. The molecule has 1 heterocycles. The van der Waals surface area contributed by atoms with E-state index in [-0.39, 0.29) is 0 Å². The minimum Gasteiger partial charge on any atom is -0.399 e. The lowest BCUT2D eigenvalue weighted by Crippen LogP contribution is -2.23. The molecule has 4 nitrogen and oxygen atoms in total. The number of anilines is 1. The molecule has 17 heavy (non-hydrogen) atoms. The van der Waals surface area contributed by atoms with Crippen LogP contribution in [0.1, 0.15) is 0 Å². The lowest BCUT2D eigenvalue weighted by Gasteiger charge is -2.01. The SMILES string of the molecule is Nc1ccc(-c2cccc3c2=NC(=O)N=3)cc1. The van der Waals surface area contributed by atoms with Gasteiger partial charge in [0.1, 0.15) is 5.36 Å². The van der Waals surface area contributed by atoms with Gasteiger partial charge in [-0.3, -0.25) is 0 Å². The molecule has 0 spiro atoms. The van der Waals surface area contributed by atoms with Crippen LogP contribution in [0.3, 0.4) is 0 Å². The van der Waals surface area contributed by atoms with Gasteiger partial charge in [-0.15, -0.1) is 0 Å². The summed E-state index contributed by atoms with van der Waals surface area (Å²) in [7, 11) is 0. The Kier molecular flexibility index (Phi) is 2.01. The number of benzene rings is 2. The smallest absolute Gasteiger partial charge is 0.368 e. The Bertz CT molecular complexity index is 717. The van der Waals surface area contributed by atoms with Gasteiger partial charge in [0.2, 0.25) is 0 Å². The van der Waals surface area contributed by atoms with Crippen molar-refractivity contribution in [1.29, 1.82) is 0 Å². The number of nitrogens with two attached hydrogens (primary N) is 1. The Morgan fingerprint density at radius 3 is 2.47 bits per heavy atom. The Labute approximate surface area is 97.1 Å². The second kappa shape index (κ2) is 3.52. The molecule has 0 atom stereocenters. The number of hydrogen-bond acceptors (Lipinski definition) is 2. The molecule has 0 saturated carbocycles. The molecule has 2 aromatic rings. The van der Waals surface area contributed by atoms with Gasteiger partial charge in [-0.25, -0.2) is 4.79 Å². The molecule has 1 aliphatic rings. The Hall–Kier alpha value is -2.49. The van der Waals surface area contributed by atoms with Crippen LogP contribution in [0, 0.1) is 0 Å². The van der Waals surface area contributed by atoms with Crippen molar-refractivity contribution in [3.05, 3.63) is 53.2 Å². The summed E-state index contributed by atoms with van der Waals surface area (Å²) in [6, 6.07) is 12.6. The molecule has 0 bridgehead atoms. The topological polar surface area (TPSA) is 67.8 Å². The molecule has 3 rings (SSSR count). The van der Waals surface area contributed by atoms with Gasteiger partial charge in [0.25, 0.3) is 0 Å². The predicted molar refractivity (Wildman–Crippen MR) is 64.0 cm³/mol. The second-order valence-corrected chi connectivity index (χ2v) is 3.80. The molecule has 0 aromatic heterocycles. The van der Waals surface area contributed by atoms with Crippen LogP contribution in [0.5, 0.6) is 0 Å². The van der Waals surface area contributed by atoms with Crippen molar-refractivity contribution in [2.24, 2.45) is 9.98 Å². The largest absolute Gasteiger partial charge is 0.399 e. The van der Waals surface area contributed by atoms with Gasteiger partial charge in [0, 0.05) is 11.3 Å². The van der Waals surface area contributed by atoms with E-state index in [4.69, 9.17) is 5.73 Å². The van der Waals surface area contributed by atoms with E-state index in [0.29, 0.717) is 16.4 Å². The van der Waals surface area contributed by atoms with E-state index in [1.165, 1.54) is 0 Å². The molecule has 0 aliphatic carbocycles. The van der Waals surface area contributed by atoms with E-state index in [1.807, 2.05) is 36.4 Å². The summed E-state index contributed by atoms with van der Waals surface area (Å²) in [6.07, 6.45) is 0. The van der Waals surface area contributed by atoms with Crippen LogP contribution in [0.2, 0.25) is 0 Å². The molecule has 0 fully saturated rings. The number of carbonyl (C=O) groups excluding carboxylic acids is 1. The van der Waals surface area contributed by atoms with Crippen LogP contribution >= 0.6 is 0 Å². The number of hydrogen-bond donors (Lipinski definition) is 1. The van der Waals surface area contributed by atoms with Crippen molar-refractivity contribution in [3.8, 4) is 11.1 Å². The Morgan fingerprint density at radius 1 is 0.941 bits per heavy atom. The van der Waals surface area contributed by atoms with Gasteiger partial charge in [0.15, 0.2) is 0 Å². The number of amides is 2. The first kappa shape index (κ1) is 9.72. The van der Waals surface area contributed by atoms with Crippen molar-refractivity contribution in [2.75, 3.05) is 5.73 Å². The number of urea groups is 1. The predicted octanol–water partition coefficient (Wildman–Crippen LogP) is 1.31. The van der Waals surface area contributed by atoms with E-state index < -0.39 is 6.03 Å². The highest BCUT2D eigenvalue weighted by molar-refractivity contribution is 5.79. The van der Waals surface area contributed by atoms with Gasteiger partial charge in [-0.2, -0.15) is 9.98 Å². The molecule has 2 amide bonds. The third kappa shape index (κ3) is 1.59. The van der Waals surface area contributed by atoms with Gasteiger partial charge in [0.05, 0.1) is 5.36 Å². The van der Waals surface area contributed by atoms with Crippen LogP contribution < -0.4 is 16.4 Å². The average Bonchev–Trinajstić information content (AvgIpc) is 2.70. The number of para-hydroxylation sites is 1. The summed E-state index contributed by atoms with van der Waals surface area (Å²) in [6.45, 7) is 0. The molecule has 0 saturated heterocycles. The maximum absolute atomic E-state index is 11.2. The minimum atomic E-state index is -0.442. The van der Waals surface area contributed by atoms with Crippen LogP contribution in [-0.4, -0.2) is 6.03 Å². The summed E-state index contributed by atoms with van der Waals surface area (Å²) in [4.78, 5) is 18.9. The molecule has 0 unspecified atom stereocenters. The first-order valence-corrected chi connectivity index (χ1v) is 5.20. The monoisotopic (exact) mass is 223 g/mol. The highest BCUT2D eigenvalue weighted by Crippen LogP contribution is 2.16. The lowest BCUT2D eigenvalue weighted by molar-refractivity contribution is 0.256. The standard InChI is InChI=1S/C13H9N3O/c14-9-6-4-8(5-7-9)10-2-1-3-11-12(10)16-13(17)15-11/h1-7H,14H2. The molecule has 2 N–H and O–H groups in total. The second-order valence-electron chi connectivity index (χ2n) is 3.80. The number of carbonyl (C=O) groups is 1. The van der Waals surface area contributed by atoms with Gasteiger partial charge in [-0.1, -0.05) is 24.3 Å². The van der Waals surface area contributed by atoms with Crippen molar-refractivity contribution in [3.63, 3.8) is 0 Å². The highest BCUT2D eigenvalue weighted by atomic mass is 16.2. The summed E-state index contributed by atoms with van der Waals surface area (Å²) in [5.41, 5.74) is 8.23. The molecule has 82 valence electrons. The van der Waals surface area contributed by atoms with E-state index in [9.17, 15) is 4.79 Å². The maximum Gasteiger partial charge on any atom is 0.368 e. The summed E-state index contributed by atoms with van der Waals surface area (Å²) < 4.78 is 0. The fourth-order valence-electron chi connectivity index (χ4n) is 1.86. The van der Waals surface area contributed by atoms with Gasteiger partial charge in [-0.05, 0) is 23.8 Å². The van der Waals surface area contributed by atoms with E-state index in [2.05, 4.69) is 9.98 Å². The highest BCUT2D eigenvalue weighted by Gasteiger charge is 2.09. The molecular formula is C13H9N3O. The zero-order valence-corrected chi connectivity index (χ0v) is 8.92. The molecular weight excluding hydrogens is 214 g/mol. The lowest BCUT2D eigenvalue weighted by atomic mass is 10.0. The fourth-order valence-corrected chi connectivity index (χ4v) is 1.86. The number of nitrogen functional groups attached to an aromatic ring is 1. The van der Waals surface area contributed by atoms with E-state index >= 15 is 0 Å². The fraction of sp³-hybridized carbons (Fsp3) is 0. The quantitative estimate of drug-likeness (QED) is 0.740. The maximum atomic E-state index is 11.2. The van der Waals surface area contributed by atoms with Gasteiger partial charge >= 0.3 is 6.03 Å². The van der Waals surface area contributed by atoms with Crippen molar-refractivity contribution >= 4 is 11.7 Å². The summed E-state index contributed by atoms with van der Waals surface area (Å²) in [5.74, 6) is 0. The normalized spacial score (nSPS) is 12.8. The van der Waals surface area contributed by atoms with E-state index in [0.717, 1.165) is 11.1 Å². The molecule has 2 aromatic carbocycles. The van der Waals surface area contributed by atoms with Crippen molar-refractivity contribution < 1.29 is 4.79 Å². The number of nitrogens with zero attached hydrogens (tertiary/aromatic N) is 2. The zero-order valence-electron chi connectivity index (χ0n) is 8.92. The summed E-state index contributed by atoms with van der Waals surface area (Å²) in [5, 5.41) is 1.27.